The number of hydrogen-bond acceptors (Lipinski definition) is 5. The lowest BCUT2D eigenvalue weighted by Gasteiger charge is -2.34. The van der Waals surface area contributed by atoms with Gasteiger partial charge in [-0.25, -0.2) is 13.6 Å². The van der Waals surface area contributed by atoms with E-state index in [2.05, 4.69) is 5.32 Å². The maximum absolute atomic E-state index is 15.4. The Labute approximate surface area is 161 Å². The average molecular weight is 391 g/mol. The summed E-state index contributed by atoms with van der Waals surface area (Å²) in [7, 11) is 0. The second-order valence-corrected chi connectivity index (χ2v) is 7.48. The smallest absolute Gasteiger partial charge is 0.343 e. The lowest BCUT2D eigenvalue weighted by atomic mass is 10.1. The Bertz CT molecular complexity index is 1000. The first-order valence-electron chi connectivity index (χ1n) is 9.65. The summed E-state index contributed by atoms with van der Waals surface area (Å²) in [6.45, 7) is 5.58. The molecule has 150 valence electrons. The van der Waals surface area contributed by atoms with Gasteiger partial charge in [0.05, 0.1) is 10.9 Å². The second kappa shape index (κ2) is 7.16. The molecule has 2 heterocycles. The SMILES string of the molecule is CCn1cc(C(=O)OC2CC2)c(=O)c2cc(F)c(N3CCNC(C)C3)c(F)c21. The summed E-state index contributed by atoms with van der Waals surface area (Å²) in [6, 6.07) is 1.14. The third-order valence-corrected chi connectivity index (χ3v) is 5.27. The van der Waals surface area contributed by atoms with Crippen LogP contribution in [0.3, 0.4) is 0 Å². The standard InChI is InChI=1S/C20H23F2N3O3/c1-3-24-10-14(20(27)28-12-4-5-12)19(26)13-8-15(21)18(16(22)17(13)24)25-7-6-23-11(2)9-25/h8,10-12,23H,3-7,9H2,1-2H3. The topological polar surface area (TPSA) is 63.6 Å². The number of aryl methyl sites for hydroxylation is 1. The Hall–Kier alpha value is -2.48. The quantitative estimate of drug-likeness (QED) is 0.811. The minimum Gasteiger partial charge on any atom is -0.459 e. The first-order valence-corrected chi connectivity index (χ1v) is 9.65. The van der Waals surface area contributed by atoms with E-state index < -0.39 is 23.0 Å². The number of piperazine rings is 1. The molecule has 1 aromatic heterocycles. The van der Waals surface area contributed by atoms with Crippen LogP contribution in [0.1, 0.15) is 37.0 Å². The summed E-state index contributed by atoms with van der Waals surface area (Å²) in [6.07, 6.45) is 2.71. The van der Waals surface area contributed by atoms with Gasteiger partial charge in [-0.2, -0.15) is 0 Å². The van der Waals surface area contributed by atoms with E-state index in [0.717, 1.165) is 18.9 Å². The van der Waals surface area contributed by atoms with E-state index in [9.17, 15) is 14.0 Å². The molecule has 2 aliphatic rings. The Morgan fingerprint density at radius 1 is 1.36 bits per heavy atom. The van der Waals surface area contributed by atoms with Gasteiger partial charge in [-0.1, -0.05) is 0 Å². The number of nitrogens with one attached hydrogen (secondary N) is 1. The third kappa shape index (κ3) is 3.26. The molecule has 1 aromatic carbocycles. The number of rotatable bonds is 4. The maximum atomic E-state index is 15.4. The Balaban J connectivity index is 1.88. The van der Waals surface area contributed by atoms with Crippen molar-refractivity contribution >= 4 is 22.6 Å². The molecule has 0 radical (unpaired) electrons. The van der Waals surface area contributed by atoms with Gasteiger partial charge in [0.25, 0.3) is 0 Å². The van der Waals surface area contributed by atoms with Gasteiger partial charge in [-0.3, -0.25) is 4.79 Å². The number of anilines is 1. The molecule has 1 saturated heterocycles. The lowest BCUT2D eigenvalue weighted by molar-refractivity contribution is 0.0470. The molecule has 6 nitrogen and oxygen atoms in total. The molecule has 0 spiro atoms. The Morgan fingerprint density at radius 2 is 2.11 bits per heavy atom. The zero-order valence-corrected chi connectivity index (χ0v) is 15.9. The van der Waals surface area contributed by atoms with Crippen LogP contribution in [0.2, 0.25) is 0 Å². The molecule has 0 amide bonds. The zero-order valence-electron chi connectivity index (χ0n) is 15.9. The molecule has 1 N–H and O–H groups in total. The van der Waals surface area contributed by atoms with Crippen molar-refractivity contribution in [1.29, 1.82) is 0 Å². The number of nitrogens with zero attached hydrogens (tertiary/aromatic N) is 2. The van der Waals surface area contributed by atoms with E-state index in [-0.39, 0.29) is 34.3 Å². The predicted molar refractivity (Wildman–Crippen MR) is 102 cm³/mol. The highest BCUT2D eigenvalue weighted by atomic mass is 19.1. The second-order valence-electron chi connectivity index (χ2n) is 7.48. The van der Waals surface area contributed by atoms with Gasteiger partial charge in [0.2, 0.25) is 5.43 Å². The van der Waals surface area contributed by atoms with Gasteiger partial charge >= 0.3 is 5.97 Å². The summed E-state index contributed by atoms with van der Waals surface area (Å²) in [5.41, 5.74) is -1.01. The van der Waals surface area contributed by atoms with Crippen LogP contribution < -0.4 is 15.6 Å². The number of carbonyl (C=O) groups is 1. The van der Waals surface area contributed by atoms with E-state index in [4.69, 9.17) is 4.74 Å². The molecular weight excluding hydrogens is 368 g/mol. The number of carbonyl (C=O) groups excluding carboxylic acids is 1. The van der Waals surface area contributed by atoms with Gasteiger partial charge in [0.1, 0.15) is 23.2 Å². The van der Waals surface area contributed by atoms with E-state index in [1.807, 2.05) is 6.92 Å². The van der Waals surface area contributed by atoms with Crippen molar-refractivity contribution in [2.24, 2.45) is 0 Å². The van der Waals surface area contributed by atoms with Crippen molar-refractivity contribution in [1.82, 2.24) is 9.88 Å². The number of halogens is 2. The van der Waals surface area contributed by atoms with E-state index in [1.165, 1.54) is 10.8 Å². The molecule has 8 heteroatoms. The van der Waals surface area contributed by atoms with Gasteiger partial charge in [-0.05, 0) is 32.8 Å². The summed E-state index contributed by atoms with van der Waals surface area (Å²) >= 11 is 0. The first kappa shape index (κ1) is 18.9. The van der Waals surface area contributed by atoms with Crippen LogP contribution in [0, 0.1) is 11.6 Å². The molecule has 2 fully saturated rings. The summed E-state index contributed by atoms with van der Waals surface area (Å²) < 4.78 is 37.0. The van der Waals surface area contributed by atoms with Crippen LogP contribution in [0.15, 0.2) is 17.1 Å². The number of aromatic nitrogens is 1. The van der Waals surface area contributed by atoms with Crippen LogP contribution >= 0.6 is 0 Å². The van der Waals surface area contributed by atoms with Crippen molar-refractivity contribution in [2.45, 2.75) is 45.4 Å². The highest BCUT2D eigenvalue weighted by molar-refractivity contribution is 5.95. The molecule has 1 atom stereocenters. The van der Waals surface area contributed by atoms with E-state index >= 15 is 4.39 Å². The van der Waals surface area contributed by atoms with Crippen molar-refractivity contribution in [3.05, 3.63) is 39.7 Å². The molecule has 1 saturated carbocycles. The lowest BCUT2D eigenvalue weighted by Crippen LogP contribution is -2.49. The molecule has 4 rings (SSSR count). The number of esters is 1. The van der Waals surface area contributed by atoms with Crippen LogP contribution in [0.25, 0.3) is 10.9 Å². The van der Waals surface area contributed by atoms with Crippen LogP contribution in [-0.4, -0.2) is 42.3 Å². The predicted octanol–water partition coefficient (Wildman–Crippen LogP) is 2.42. The summed E-state index contributed by atoms with van der Waals surface area (Å²) in [4.78, 5) is 26.8. The fourth-order valence-electron chi connectivity index (χ4n) is 3.70. The number of fused-ring (bicyclic) bond motifs is 1. The number of benzene rings is 1. The highest BCUT2D eigenvalue weighted by Gasteiger charge is 2.30. The Morgan fingerprint density at radius 3 is 2.75 bits per heavy atom. The largest absolute Gasteiger partial charge is 0.459 e. The summed E-state index contributed by atoms with van der Waals surface area (Å²) in [5.74, 6) is -2.31. The average Bonchev–Trinajstić information content (AvgIpc) is 3.46. The maximum Gasteiger partial charge on any atom is 0.343 e. The van der Waals surface area contributed by atoms with Crippen LogP contribution in [0.5, 0.6) is 0 Å². The van der Waals surface area contributed by atoms with Gasteiger partial charge < -0.3 is 19.5 Å². The number of ether oxygens (including phenoxy) is 1. The molecule has 1 aliphatic heterocycles. The molecule has 2 aromatic rings. The van der Waals surface area contributed by atoms with E-state index in [0.29, 0.717) is 26.2 Å². The van der Waals surface area contributed by atoms with E-state index in [1.54, 1.807) is 11.8 Å². The monoisotopic (exact) mass is 391 g/mol. The minimum atomic E-state index is -0.799. The Kier molecular flexibility index (Phi) is 4.82. The fraction of sp³-hybridized carbons (Fsp3) is 0.500. The number of pyridine rings is 1. The summed E-state index contributed by atoms with van der Waals surface area (Å²) in [5, 5.41) is 3.09. The van der Waals surface area contributed by atoms with Gasteiger partial charge in [-0.15, -0.1) is 0 Å². The fourth-order valence-corrected chi connectivity index (χ4v) is 3.70. The highest BCUT2D eigenvalue weighted by Crippen LogP contribution is 2.31. The van der Waals surface area contributed by atoms with Gasteiger partial charge in [0, 0.05) is 38.4 Å². The third-order valence-electron chi connectivity index (χ3n) is 5.27. The molecule has 1 unspecified atom stereocenters. The number of hydrogen-bond donors (Lipinski definition) is 1. The van der Waals surface area contributed by atoms with Crippen molar-refractivity contribution in [3.63, 3.8) is 0 Å². The van der Waals surface area contributed by atoms with Crippen molar-refractivity contribution in [2.75, 3.05) is 24.5 Å². The normalized spacial score (nSPS) is 19.9. The molecule has 1 aliphatic carbocycles. The minimum absolute atomic E-state index is 0.0121. The molecular formula is C20H23F2N3O3. The molecule has 28 heavy (non-hydrogen) atoms. The zero-order chi connectivity index (χ0) is 20.0. The first-order chi connectivity index (χ1) is 13.4. The van der Waals surface area contributed by atoms with Crippen LogP contribution in [0.4, 0.5) is 14.5 Å². The molecule has 0 bridgehead atoms. The van der Waals surface area contributed by atoms with Crippen molar-refractivity contribution in [3.8, 4) is 0 Å². The van der Waals surface area contributed by atoms with Gasteiger partial charge in [0.15, 0.2) is 5.82 Å². The van der Waals surface area contributed by atoms with Crippen molar-refractivity contribution < 1.29 is 18.3 Å². The van der Waals surface area contributed by atoms with Crippen LogP contribution in [-0.2, 0) is 11.3 Å².